The van der Waals surface area contributed by atoms with E-state index < -0.39 is 58.5 Å². The van der Waals surface area contributed by atoms with Crippen molar-refractivity contribution in [2.24, 2.45) is 11.7 Å². The smallest absolute Gasteiger partial charge is 0.481 e. The van der Waals surface area contributed by atoms with Crippen LogP contribution in [0, 0.1) is 12.8 Å². The van der Waals surface area contributed by atoms with Gasteiger partial charge in [-0.3, -0.25) is 14.3 Å². The summed E-state index contributed by atoms with van der Waals surface area (Å²) in [6.45, 7) is 7.60. The summed E-state index contributed by atoms with van der Waals surface area (Å²) in [7, 11) is -10.6. The van der Waals surface area contributed by atoms with Crippen molar-refractivity contribution < 1.29 is 49.8 Å². The lowest BCUT2D eigenvalue weighted by Gasteiger charge is -2.42. The molecule has 8 N–H and O–H groups in total. The van der Waals surface area contributed by atoms with Crippen molar-refractivity contribution in [3.8, 4) is 0 Å². The molecule has 9 rings (SSSR count). The lowest BCUT2D eigenvalue weighted by atomic mass is 9.69. The highest BCUT2D eigenvalue weighted by Crippen LogP contribution is 2.46. The summed E-state index contributed by atoms with van der Waals surface area (Å²) in [6, 6.07) is 25.7. The Bertz CT molecular complexity index is 3280. The minimum atomic E-state index is -6.03. The van der Waals surface area contributed by atoms with Crippen LogP contribution in [0.5, 0.6) is 0 Å². The number of thioether (sulfide) groups is 1. The van der Waals surface area contributed by atoms with Crippen LogP contribution >= 0.6 is 23.4 Å². The number of aromatic amines is 1. The van der Waals surface area contributed by atoms with Crippen molar-refractivity contribution in [3.05, 3.63) is 154 Å². The van der Waals surface area contributed by atoms with Crippen LogP contribution in [0.25, 0.3) is 5.57 Å². The number of H-pyrrole nitrogens is 1. The van der Waals surface area contributed by atoms with Gasteiger partial charge < -0.3 is 41.4 Å². The van der Waals surface area contributed by atoms with Gasteiger partial charge in [-0.2, -0.15) is 13.2 Å². The number of alkyl halides is 3. The number of nitrogens with zero attached hydrogens (tertiary/aromatic N) is 2. The molecule has 5 aromatic rings. The number of nitrogens with one attached hydrogen (secondary N) is 4. The number of allylic oxidation sites excluding steroid dienone is 3. The van der Waals surface area contributed by atoms with Gasteiger partial charge in [0.15, 0.2) is 0 Å². The molecule has 81 heavy (non-hydrogen) atoms. The van der Waals surface area contributed by atoms with E-state index in [0.717, 1.165) is 70.7 Å². The molecule has 22 heteroatoms. The molecule has 1 aromatic heterocycles. The number of piperazine rings is 1. The minimum absolute atomic E-state index is 0.0289. The third-order valence-electron chi connectivity index (χ3n) is 15.8. The number of halogens is 4. The predicted molar refractivity (Wildman–Crippen MR) is 312 cm³/mol. The summed E-state index contributed by atoms with van der Waals surface area (Å²) in [5, 5.41) is 25.7. The van der Waals surface area contributed by atoms with Gasteiger partial charge >= 0.3 is 11.5 Å². The summed E-state index contributed by atoms with van der Waals surface area (Å²) >= 11 is 7.79. The lowest BCUT2D eigenvalue weighted by Crippen LogP contribution is -2.46. The molecule has 3 atom stereocenters. The van der Waals surface area contributed by atoms with Gasteiger partial charge in [-0.25, -0.2) is 16.8 Å². The molecule has 1 amide bonds. The number of sulfonamides is 1. The van der Waals surface area contributed by atoms with Crippen LogP contribution in [0.1, 0.15) is 110 Å². The number of anilines is 2. The Kier molecular flexibility index (Phi) is 20.1. The molecule has 2 saturated heterocycles. The maximum absolute atomic E-state index is 14.3. The lowest BCUT2D eigenvalue weighted by molar-refractivity contribution is -0.142. The first-order valence-corrected chi connectivity index (χ1v) is 31.7. The highest BCUT2D eigenvalue weighted by molar-refractivity contribution is 7.99. The summed E-state index contributed by atoms with van der Waals surface area (Å²) in [4.78, 5) is 29.7. The largest absolute Gasteiger partial charge is 0.501 e. The van der Waals surface area contributed by atoms with Crippen LogP contribution in [0.3, 0.4) is 0 Å². The number of carboxylic acid groups (broad SMARTS) is 1. The Balaban J connectivity index is 0.000000870. The van der Waals surface area contributed by atoms with Crippen LogP contribution in [-0.4, -0.2) is 116 Å². The summed E-state index contributed by atoms with van der Waals surface area (Å²) in [5.74, 6) is -0.759. The molecule has 3 fully saturated rings. The highest BCUT2D eigenvalue weighted by Gasteiger charge is 2.49. The van der Waals surface area contributed by atoms with E-state index in [2.05, 4.69) is 49.2 Å². The number of sulfone groups is 1. The van der Waals surface area contributed by atoms with Gasteiger partial charge in [0.25, 0.3) is 25.8 Å². The van der Waals surface area contributed by atoms with Crippen molar-refractivity contribution in [1.82, 2.24) is 20.1 Å². The second kappa shape index (κ2) is 26.6. The minimum Gasteiger partial charge on any atom is -0.481 e. The summed E-state index contributed by atoms with van der Waals surface area (Å²) in [5.41, 5.74) is 5.22. The summed E-state index contributed by atoms with van der Waals surface area (Å²) in [6.07, 6.45) is 14.1. The number of nitrogens with two attached hydrogens (primary N) is 1. The van der Waals surface area contributed by atoms with Crippen LogP contribution < -0.4 is 21.1 Å². The van der Waals surface area contributed by atoms with Gasteiger partial charge in [0.1, 0.15) is 4.90 Å². The average Bonchev–Trinajstić information content (AvgIpc) is 4.14. The van der Waals surface area contributed by atoms with Gasteiger partial charge in [-0.15, -0.1) is 11.8 Å². The fraction of sp³-hybridized carbons (Fsp3) is 0.424. The molecule has 2 unspecified atom stereocenters. The molecule has 0 spiro atoms. The van der Waals surface area contributed by atoms with Gasteiger partial charge in [0.05, 0.1) is 28.2 Å². The molecule has 2 aliphatic carbocycles. The number of rotatable bonds is 19. The quantitative estimate of drug-likeness (QED) is 0.0382. The van der Waals surface area contributed by atoms with Gasteiger partial charge in [0.2, 0.25) is 0 Å². The van der Waals surface area contributed by atoms with E-state index in [1.165, 1.54) is 18.2 Å². The van der Waals surface area contributed by atoms with Crippen molar-refractivity contribution in [3.63, 3.8) is 0 Å². The highest BCUT2D eigenvalue weighted by atomic mass is 35.5. The molecular weight excluding hydrogens is 1120 g/mol. The van der Waals surface area contributed by atoms with Crippen molar-refractivity contribution in [2.45, 2.75) is 122 Å². The maximum Gasteiger partial charge on any atom is 0.501 e. The van der Waals surface area contributed by atoms with Crippen molar-refractivity contribution in [1.29, 1.82) is 0 Å². The van der Waals surface area contributed by atoms with Crippen LogP contribution in [0.4, 0.5) is 24.5 Å². The zero-order valence-electron chi connectivity index (χ0n) is 45.4. The number of hydrogen-bond donors (Lipinski definition) is 7. The molecule has 15 nitrogen and oxygen atoms in total. The number of likely N-dealkylation sites (tertiary alicyclic amines) is 1. The zero-order valence-corrected chi connectivity index (χ0v) is 48.6. The second-order valence-electron chi connectivity index (χ2n) is 21.2. The Morgan fingerprint density at radius 3 is 2.25 bits per heavy atom. The molecule has 3 heterocycles. The number of aliphatic hydroxyl groups is 1. The average molecular weight is 1190 g/mol. The number of carbonyl (C=O) groups excluding carboxylic acids is 1. The van der Waals surface area contributed by atoms with Crippen LogP contribution in [0.15, 0.2) is 136 Å². The van der Waals surface area contributed by atoms with E-state index >= 15 is 0 Å². The molecular formula is C59H71ClF3N7O8S3. The number of primary amides is 1. The number of aromatic nitrogens is 1. The number of aliphatic carboxylic acids is 1. The Labute approximate surface area is 482 Å². The summed E-state index contributed by atoms with van der Waals surface area (Å²) < 4.78 is 99.7. The second-order valence-corrected chi connectivity index (χ2v) is 26.3. The number of aliphatic hydroxyl groups excluding tert-OH is 1. The Hall–Kier alpha value is -5.81. The fourth-order valence-electron chi connectivity index (χ4n) is 11.1. The van der Waals surface area contributed by atoms with E-state index in [0.29, 0.717) is 99.5 Å². The molecule has 2 aliphatic heterocycles. The number of hydrogen-bond acceptors (Lipinski definition) is 12. The first-order valence-electron chi connectivity index (χ1n) is 27.4. The number of benzene rings is 4. The van der Waals surface area contributed by atoms with Crippen molar-refractivity contribution in [2.75, 3.05) is 55.1 Å². The van der Waals surface area contributed by atoms with E-state index in [4.69, 9.17) is 22.4 Å². The normalized spacial score (nSPS) is 20.1. The Morgan fingerprint density at radius 2 is 1.62 bits per heavy atom. The molecule has 436 valence electrons. The number of carboxylic acids is 1. The molecule has 4 aliphatic rings. The van der Waals surface area contributed by atoms with Crippen molar-refractivity contribution >= 4 is 72.0 Å². The zero-order chi connectivity index (χ0) is 58.1. The third kappa shape index (κ3) is 15.1. The van der Waals surface area contributed by atoms with E-state index in [-0.39, 0.29) is 29.4 Å². The predicted octanol–water partition coefficient (Wildman–Crippen LogP) is 10.9. The monoisotopic (exact) mass is 1190 g/mol. The molecule has 0 radical (unpaired) electrons. The maximum atomic E-state index is 14.3. The molecule has 4 aromatic carbocycles. The van der Waals surface area contributed by atoms with E-state index in [1.54, 1.807) is 24.3 Å². The standard InChI is InChI=1S/C52H59ClF3N7O6S3.C7H12O2/c1-3-51(44-31-59-34(2)49(44)50(57)65)23-19-47(43(30-51)35-9-13-37(53)14-10-35)63-28-24-58-46(32-63)36-11-15-38(16-12-36)61-72(68,69)42-17-18-45(48(29-42)71(66,67)52(54,55)56)60-39(33-70-41-7-5-4-6-8-41)20-25-62-26-21-40(64)22-27-62;8-7(9)6-4-2-1-3-5-6/h4-19,29-31,39-40,46,58-61,64H,3,20-28,32-33H2,1-2H3,(H2,57,65);6H,1-5H2,(H,8,9)/t39?,46?,51-;/m1./s1. The number of carbonyl (C=O) groups is 2. The third-order valence-corrected chi connectivity index (χ3v) is 20.1. The van der Waals surface area contributed by atoms with Gasteiger partial charge in [0, 0.05) is 101 Å². The first-order chi connectivity index (χ1) is 38.6. The number of piperidine rings is 1. The first kappa shape index (κ1) is 61.3. The van der Waals surface area contributed by atoms with E-state index in [9.17, 15) is 44.7 Å². The molecule has 1 saturated carbocycles. The molecule has 0 bridgehead atoms. The Morgan fingerprint density at radius 1 is 0.926 bits per heavy atom. The van der Waals surface area contributed by atoms with Gasteiger partial charge in [-0.1, -0.05) is 92.4 Å². The fourth-order valence-corrected chi connectivity index (χ4v) is 14.3. The van der Waals surface area contributed by atoms with Crippen LogP contribution in [0.2, 0.25) is 5.02 Å². The topological polar surface area (TPSA) is 227 Å². The SMILES string of the molecule is CC[C@]1(c2c[nH]c(C)c2C(N)=O)C=C(c2ccc(Cl)cc2)C(N2CCNC(c3ccc(NS(=O)(=O)c4ccc(NC(CCN5CCC(O)CC5)CSc5ccccc5)c(S(=O)(=O)C(F)(F)F)c4)cc3)C2)=CC1.O=C(O)C1CCCCC1. The number of amides is 1. The number of aryl methyl sites for hydroxylation is 1. The van der Waals surface area contributed by atoms with Crippen LogP contribution in [-0.2, 0) is 30.1 Å². The van der Waals surface area contributed by atoms with E-state index in [1.807, 2.05) is 67.7 Å². The van der Waals surface area contributed by atoms with Gasteiger partial charge in [-0.05, 0) is 123 Å².